The molecule has 5 heteroatoms. The van der Waals surface area contributed by atoms with E-state index in [1.54, 1.807) is 0 Å². The molecule has 0 heterocycles. The van der Waals surface area contributed by atoms with Crippen LogP contribution in [-0.4, -0.2) is 55.4 Å². The van der Waals surface area contributed by atoms with Crippen LogP contribution in [0.3, 0.4) is 0 Å². The molecule has 0 aliphatic heterocycles. The summed E-state index contributed by atoms with van der Waals surface area (Å²) in [5.74, 6) is 0. The van der Waals surface area contributed by atoms with E-state index in [1.165, 1.54) is 0 Å². The molecule has 0 radical (unpaired) electrons. The number of nitrogens with one attached hydrogen (secondary N) is 2. The minimum atomic E-state index is -0.458. The number of carbonyl (C=O) groups is 1. The summed E-state index contributed by atoms with van der Waals surface area (Å²) in [7, 11) is 4.05. The first-order valence-electron chi connectivity index (χ1n) is 7.06. The monoisotopic (exact) mass is 273 g/mol. The van der Waals surface area contributed by atoms with E-state index < -0.39 is 6.10 Å². The van der Waals surface area contributed by atoms with Gasteiger partial charge in [0.2, 0.25) is 0 Å². The van der Waals surface area contributed by atoms with Crippen LogP contribution in [0.15, 0.2) is 0 Å². The molecule has 0 saturated carbocycles. The van der Waals surface area contributed by atoms with Crippen LogP contribution < -0.4 is 10.6 Å². The zero-order valence-electron chi connectivity index (χ0n) is 13.3. The van der Waals surface area contributed by atoms with Gasteiger partial charge in [-0.2, -0.15) is 0 Å². The van der Waals surface area contributed by atoms with Crippen molar-refractivity contribution in [3.05, 3.63) is 0 Å². The van der Waals surface area contributed by atoms with E-state index in [0.29, 0.717) is 13.0 Å². The van der Waals surface area contributed by atoms with E-state index in [1.807, 2.05) is 27.9 Å². The van der Waals surface area contributed by atoms with Gasteiger partial charge >= 0.3 is 6.03 Å². The van der Waals surface area contributed by atoms with Crippen molar-refractivity contribution in [2.75, 3.05) is 27.2 Å². The maximum Gasteiger partial charge on any atom is 0.315 e. The normalized spacial score (nSPS) is 15.2. The van der Waals surface area contributed by atoms with Gasteiger partial charge in [0.1, 0.15) is 0 Å². The number of urea groups is 1. The number of hydrogen-bond donors (Lipinski definition) is 3. The average Bonchev–Trinajstić information content (AvgIpc) is 2.25. The van der Waals surface area contributed by atoms with Gasteiger partial charge in [-0.25, -0.2) is 4.79 Å². The molecule has 19 heavy (non-hydrogen) atoms. The first-order chi connectivity index (χ1) is 8.69. The number of amides is 2. The molecule has 0 aromatic rings. The Morgan fingerprint density at radius 1 is 1.37 bits per heavy atom. The lowest BCUT2D eigenvalue weighted by molar-refractivity contribution is 0.155. The molecule has 2 atom stereocenters. The fourth-order valence-corrected chi connectivity index (χ4v) is 2.04. The average molecular weight is 273 g/mol. The first kappa shape index (κ1) is 18.2. The number of aliphatic hydroxyl groups is 1. The van der Waals surface area contributed by atoms with Crippen molar-refractivity contribution < 1.29 is 9.90 Å². The smallest absolute Gasteiger partial charge is 0.315 e. The van der Waals surface area contributed by atoms with Crippen molar-refractivity contribution in [1.82, 2.24) is 15.5 Å². The van der Waals surface area contributed by atoms with E-state index in [2.05, 4.69) is 29.4 Å². The van der Waals surface area contributed by atoms with Crippen LogP contribution in [0.1, 0.15) is 40.5 Å². The highest BCUT2D eigenvalue weighted by Crippen LogP contribution is 2.20. The molecule has 0 bridgehead atoms. The van der Waals surface area contributed by atoms with E-state index in [4.69, 9.17) is 0 Å². The Labute approximate surface area is 117 Å². The van der Waals surface area contributed by atoms with Gasteiger partial charge in [0.25, 0.3) is 0 Å². The predicted molar refractivity (Wildman–Crippen MR) is 79.2 cm³/mol. The topological polar surface area (TPSA) is 64.6 Å². The van der Waals surface area contributed by atoms with Crippen LogP contribution in [0.25, 0.3) is 0 Å². The van der Waals surface area contributed by atoms with E-state index in [9.17, 15) is 9.90 Å². The standard InChI is InChI=1S/C14H31N3O2/c1-7-8-12(18)9-15-13(19)16-11(2)14(3,4)10-17(5)6/h11-12,18H,7-10H2,1-6H3,(H2,15,16,19). The van der Waals surface area contributed by atoms with Crippen LogP contribution in [0, 0.1) is 5.41 Å². The number of hydrogen-bond acceptors (Lipinski definition) is 3. The van der Waals surface area contributed by atoms with Crippen LogP contribution in [0.5, 0.6) is 0 Å². The molecule has 5 nitrogen and oxygen atoms in total. The van der Waals surface area contributed by atoms with Crippen LogP contribution in [0.2, 0.25) is 0 Å². The van der Waals surface area contributed by atoms with Crippen molar-refractivity contribution in [3.8, 4) is 0 Å². The highest BCUT2D eigenvalue weighted by atomic mass is 16.3. The quantitative estimate of drug-likeness (QED) is 0.627. The number of nitrogens with zero attached hydrogens (tertiary/aromatic N) is 1. The maximum absolute atomic E-state index is 11.7. The molecular weight excluding hydrogens is 242 g/mol. The van der Waals surface area contributed by atoms with Gasteiger partial charge in [0.15, 0.2) is 0 Å². The molecule has 0 aliphatic rings. The van der Waals surface area contributed by atoms with Gasteiger partial charge in [-0.3, -0.25) is 0 Å². The molecule has 2 amide bonds. The second-order valence-corrected chi connectivity index (χ2v) is 6.24. The summed E-state index contributed by atoms with van der Waals surface area (Å²) in [6.07, 6.45) is 1.17. The van der Waals surface area contributed by atoms with E-state index in [-0.39, 0.29) is 17.5 Å². The van der Waals surface area contributed by atoms with Crippen molar-refractivity contribution >= 4 is 6.03 Å². The summed E-state index contributed by atoms with van der Waals surface area (Å²) in [4.78, 5) is 13.9. The second kappa shape index (κ2) is 8.38. The summed E-state index contributed by atoms with van der Waals surface area (Å²) in [5, 5.41) is 15.2. The van der Waals surface area contributed by atoms with Gasteiger partial charge in [-0.15, -0.1) is 0 Å². The van der Waals surface area contributed by atoms with Crippen molar-refractivity contribution in [1.29, 1.82) is 0 Å². The third-order valence-corrected chi connectivity index (χ3v) is 3.36. The third-order valence-electron chi connectivity index (χ3n) is 3.36. The molecule has 0 rings (SSSR count). The molecule has 2 unspecified atom stereocenters. The lowest BCUT2D eigenvalue weighted by Gasteiger charge is -2.34. The van der Waals surface area contributed by atoms with Gasteiger partial charge < -0.3 is 20.6 Å². The van der Waals surface area contributed by atoms with E-state index >= 15 is 0 Å². The van der Waals surface area contributed by atoms with E-state index in [0.717, 1.165) is 13.0 Å². The van der Waals surface area contributed by atoms with Crippen LogP contribution in [-0.2, 0) is 0 Å². The summed E-state index contributed by atoms with van der Waals surface area (Å²) in [6, 6.07) is -0.160. The Bertz CT molecular complexity index is 267. The summed E-state index contributed by atoms with van der Waals surface area (Å²) >= 11 is 0. The highest BCUT2D eigenvalue weighted by molar-refractivity contribution is 5.74. The van der Waals surface area contributed by atoms with Gasteiger partial charge in [-0.05, 0) is 32.9 Å². The Balaban J connectivity index is 4.11. The number of carbonyl (C=O) groups excluding carboxylic acids is 1. The molecule has 0 spiro atoms. The summed E-state index contributed by atoms with van der Waals surface area (Å²) in [6.45, 7) is 9.47. The molecule has 0 aromatic carbocycles. The molecule has 0 fully saturated rings. The fraction of sp³-hybridized carbons (Fsp3) is 0.929. The molecule has 0 aliphatic carbocycles. The lowest BCUT2D eigenvalue weighted by Crippen LogP contribution is -2.51. The molecular formula is C14H31N3O2. The van der Waals surface area contributed by atoms with Gasteiger partial charge in [-0.1, -0.05) is 27.2 Å². The Morgan fingerprint density at radius 2 is 1.95 bits per heavy atom. The summed E-state index contributed by atoms with van der Waals surface area (Å²) < 4.78 is 0. The molecule has 114 valence electrons. The molecule has 3 N–H and O–H groups in total. The predicted octanol–water partition coefficient (Wildman–Crippen LogP) is 1.42. The fourth-order valence-electron chi connectivity index (χ4n) is 2.04. The molecule has 0 saturated heterocycles. The Morgan fingerprint density at radius 3 is 2.42 bits per heavy atom. The van der Waals surface area contributed by atoms with Gasteiger partial charge in [0.05, 0.1) is 6.10 Å². The van der Waals surface area contributed by atoms with Crippen molar-refractivity contribution in [2.45, 2.75) is 52.7 Å². The van der Waals surface area contributed by atoms with Crippen molar-refractivity contribution in [2.24, 2.45) is 5.41 Å². The Hall–Kier alpha value is -0.810. The zero-order valence-corrected chi connectivity index (χ0v) is 13.3. The van der Waals surface area contributed by atoms with Crippen LogP contribution >= 0.6 is 0 Å². The summed E-state index contributed by atoms with van der Waals surface area (Å²) in [5.41, 5.74) is -0.0110. The largest absolute Gasteiger partial charge is 0.391 e. The first-order valence-corrected chi connectivity index (χ1v) is 7.06. The SMILES string of the molecule is CCCC(O)CNC(=O)NC(C)C(C)(C)CN(C)C. The lowest BCUT2D eigenvalue weighted by atomic mass is 9.85. The number of rotatable bonds is 8. The van der Waals surface area contributed by atoms with Gasteiger partial charge in [0, 0.05) is 19.1 Å². The zero-order chi connectivity index (χ0) is 15.1. The minimum Gasteiger partial charge on any atom is -0.391 e. The molecule has 0 aromatic heterocycles. The Kier molecular flexibility index (Phi) is 8.02. The minimum absolute atomic E-state index is 0.0110. The maximum atomic E-state index is 11.7. The second-order valence-electron chi connectivity index (χ2n) is 6.24. The van der Waals surface area contributed by atoms with Crippen LogP contribution in [0.4, 0.5) is 4.79 Å². The number of aliphatic hydroxyl groups excluding tert-OH is 1. The highest BCUT2D eigenvalue weighted by Gasteiger charge is 2.27. The third kappa shape index (κ3) is 8.06. The van der Waals surface area contributed by atoms with Crippen molar-refractivity contribution in [3.63, 3.8) is 0 Å².